The van der Waals surface area contributed by atoms with Crippen molar-refractivity contribution in [2.24, 2.45) is 0 Å². The molecule has 84 valence electrons. The first kappa shape index (κ1) is 11.2. The molecule has 4 heteroatoms. The van der Waals surface area contributed by atoms with Crippen molar-refractivity contribution in [2.45, 2.75) is 20.0 Å². The first-order chi connectivity index (χ1) is 7.66. The maximum absolute atomic E-state index is 5.64. The van der Waals surface area contributed by atoms with E-state index in [9.17, 15) is 0 Å². The van der Waals surface area contributed by atoms with Gasteiger partial charge < -0.3 is 9.72 Å². The summed E-state index contributed by atoms with van der Waals surface area (Å²) in [7, 11) is 0. The number of halogens is 1. The Morgan fingerprint density at radius 1 is 1.38 bits per heavy atom. The molecular formula is C12H13BrN2O. The lowest BCUT2D eigenvalue weighted by atomic mass is 10.2. The highest BCUT2D eigenvalue weighted by Gasteiger charge is 2.06. The van der Waals surface area contributed by atoms with Gasteiger partial charge in [0.25, 0.3) is 0 Å². The second-order valence-corrected chi connectivity index (χ2v) is 4.60. The van der Waals surface area contributed by atoms with E-state index >= 15 is 0 Å². The quantitative estimate of drug-likeness (QED) is 0.933. The van der Waals surface area contributed by atoms with E-state index < -0.39 is 0 Å². The fourth-order valence-electron chi connectivity index (χ4n) is 1.42. The second-order valence-electron chi connectivity index (χ2n) is 3.75. The number of aromatic amines is 1. The standard InChI is InChI=1S/C12H13BrN2O/c1-8(2)16-11-4-3-9(7-10(11)13)12-14-5-6-15-12/h3-8H,1-2H3,(H,14,15). The zero-order chi connectivity index (χ0) is 11.5. The Morgan fingerprint density at radius 2 is 2.19 bits per heavy atom. The average molecular weight is 281 g/mol. The van der Waals surface area contributed by atoms with E-state index in [0.29, 0.717) is 0 Å². The predicted molar refractivity (Wildman–Crippen MR) is 67.5 cm³/mol. The van der Waals surface area contributed by atoms with Crippen LogP contribution < -0.4 is 4.74 Å². The molecule has 3 nitrogen and oxygen atoms in total. The zero-order valence-corrected chi connectivity index (χ0v) is 10.8. The first-order valence-electron chi connectivity index (χ1n) is 5.13. The van der Waals surface area contributed by atoms with Gasteiger partial charge in [-0.3, -0.25) is 0 Å². The summed E-state index contributed by atoms with van der Waals surface area (Å²) in [5.41, 5.74) is 1.04. The van der Waals surface area contributed by atoms with Gasteiger partial charge in [0.2, 0.25) is 0 Å². The Bertz CT molecular complexity index is 466. The highest BCUT2D eigenvalue weighted by Crippen LogP contribution is 2.29. The molecule has 0 spiro atoms. The van der Waals surface area contributed by atoms with Crippen LogP contribution in [-0.4, -0.2) is 16.1 Å². The number of nitrogens with zero attached hydrogens (tertiary/aromatic N) is 1. The van der Waals surface area contributed by atoms with Crippen LogP contribution in [0.1, 0.15) is 13.8 Å². The number of hydrogen-bond acceptors (Lipinski definition) is 2. The topological polar surface area (TPSA) is 37.9 Å². The third kappa shape index (κ3) is 2.44. The number of ether oxygens (including phenoxy) is 1. The van der Waals surface area contributed by atoms with Gasteiger partial charge in [-0.2, -0.15) is 0 Å². The summed E-state index contributed by atoms with van der Waals surface area (Å²) in [6, 6.07) is 5.93. The Kier molecular flexibility index (Phi) is 3.29. The third-order valence-electron chi connectivity index (χ3n) is 2.07. The summed E-state index contributed by atoms with van der Waals surface area (Å²) in [5, 5.41) is 0. The molecule has 0 amide bonds. The Morgan fingerprint density at radius 3 is 2.75 bits per heavy atom. The molecule has 0 saturated carbocycles. The lowest BCUT2D eigenvalue weighted by molar-refractivity contribution is 0.241. The molecule has 0 aliphatic rings. The van der Waals surface area contributed by atoms with Gasteiger partial charge in [0, 0.05) is 18.0 Å². The van der Waals surface area contributed by atoms with E-state index in [1.807, 2.05) is 38.2 Å². The minimum atomic E-state index is 0.172. The number of nitrogens with one attached hydrogen (secondary N) is 1. The summed E-state index contributed by atoms with van der Waals surface area (Å²) in [6.45, 7) is 4.01. The summed E-state index contributed by atoms with van der Waals surface area (Å²) in [4.78, 5) is 7.27. The van der Waals surface area contributed by atoms with E-state index in [-0.39, 0.29) is 6.10 Å². The minimum absolute atomic E-state index is 0.172. The van der Waals surface area contributed by atoms with E-state index in [0.717, 1.165) is 21.6 Å². The van der Waals surface area contributed by atoms with Crippen molar-refractivity contribution in [3.63, 3.8) is 0 Å². The van der Waals surface area contributed by atoms with E-state index in [2.05, 4.69) is 25.9 Å². The SMILES string of the molecule is CC(C)Oc1ccc(-c2ncc[nH]2)cc1Br. The van der Waals surface area contributed by atoms with Crippen LogP contribution in [-0.2, 0) is 0 Å². The van der Waals surface area contributed by atoms with Crippen LogP contribution >= 0.6 is 15.9 Å². The number of aromatic nitrogens is 2. The van der Waals surface area contributed by atoms with Gasteiger partial charge in [0.05, 0.1) is 10.6 Å². The Balaban J connectivity index is 2.29. The molecular weight excluding hydrogens is 268 g/mol. The van der Waals surface area contributed by atoms with Gasteiger partial charge in [-0.05, 0) is 48.0 Å². The van der Waals surface area contributed by atoms with E-state index in [1.54, 1.807) is 6.20 Å². The molecule has 2 rings (SSSR count). The minimum Gasteiger partial charge on any atom is -0.490 e. The van der Waals surface area contributed by atoms with Gasteiger partial charge in [-0.15, -0.1) is 0 Å². The Hall–Kier alpha value is -1.29. The number of hydrogen-bond donors (Lipinski definition) is 1. The van der Waals surface area contributed by atoms with Crippen LogP contribution in [0, 0.1) is 0 Å². The first-order valence-corrected chi connectivity index (χ1v) is 5.92. The van der Waals surface area contributed by atoms with Crippen LogP contribution in [0.4, 0.5) is 0 Å². The lowest BCUT2D eigenvalue weighted by Gasteiger charge is -2.11. The maximum atomic E-state index is 5.64. The van der Waals surface area contributed by atoms with Crippen LogP contribution in [0.5, 0.6) is 5.75 Å². The van der Waals surface area contributed by atoms with Crippen LogP contribution in [0.3, 0.4) is 0 Å². The molecule has 0 aliphatic carbocycles. The van der Waals surface area contributed by atoms with Gasteiger partial charge in [-0.1, -0.05) is 0 Å². The highest BCUT2D eigenvalue weighted by molar-refractivity contribution is 9.10. The summed E-state index contributed by atoms with van der Waals surface area (Å²) in [5.74, 6) is 1.71. The molecule has 0 bridgehead atoms. The normalized spacial score (nSPS) is 10.8. The number of imidazole rings is 1. The van der Waals surface area contributed by atoms with Crippen LogP contribution in [0.25, 0.3) is 11.4 Å². The predicted octanol–water partition coefficient (Wildman–Crippen LogP) is 3.63. The maximum Gasteiger partial charge on any atom is 0.137 e. The van der Waals surface area contributed by atoms with Crippen molar-refractivity contribution in [3.8, 4) is 17.1 Å². The molecule has 1 N–H and O–H groups in total. The molecule has 1 aromatic carbocycles. The summed E-state index contributed by atoms with van der Waals surface area (Å²) < 4.78 is 6.58. The molecule has 0 unspecified atom stereocenters. The summed E-state index contributed by atoms with van der Waals surface area (Å²) >= 11 is 3.49. The third-order valence-corrected chi connectivity index (χ3v) is 2.69. The monoisotopic (exact) mass is 280 g/mol. The smallest absolute Gasteiger partial charge is 0.137 e. The van der Waals surface area contributed by atoms with Gasteiger partial charge >= 0.3 is 0 Å². The van der Waals surface area contributed by atoms with E-state index in [1.165, 1.54) is 0 Å². The average Bonchev–Trinajstić information content (AvgIpc) is 2.73. The fraction of sp³-hybridized carbons (Fsp3) is 0.250. The number of rotatable bonds is 3. The number of H-pyrrole nitrogens is 1. The van der Waals surface area contributed by atoms with Gasteiger partial charge in [0.1, 0.15) is 11.6 Å². The van der Waals surface area contributed by atoms with Gasteiger partial charge in [0.15, 0.2) is 0 Å². The molecule has 1 aromatic heterocycles. The fourth-order valence-corrected chi connectivity index (χ4v) is 1.89. The van der Waals surface area contributed by atoms with Crippen molar-refractivity contribution >= 4 is 15.9 Å². The zero-order valence-electron chi connectivity index (χ0n) is 9.20. The van der Waals surface area contributed by atoms with Crippen molar-refractivity contribution < 1.29 is 4.74 Å². The lowest BCUT2D eigenvalue weighted by Crippen LogP contribution is -2.05. The number of benzene rings is 1. The van der Waals surface area contributed by atoms with Gasteiger partial charge in [-0.25, -0.2) is 4.98 Å². The molecule has 0 atom stereocenters. The molecule has 2 aromatic rings. The molecule has 1 heterocycles. The van der Waals surface area contributed by atoms with Crippen molar-refractivity contribution in [1.82, 2.24) is 9.97 Å². The van der Waals surface area contributed by atoms with Crippen molar-refractivity contribution in [3.05, 3.63) is 35.1 Å². The van der Waals surface area contributed by atoms with Crippen molar-refractivity contribution in [1.29, 1.82) is 0 Å². The van der Waals surface area contributed by atoms with E-state index in [4.69, 9.17) is 4.74 Å². The second kappa shape index (κ2) is 4.70. The molecule has 0 aliphatic heterocycles. The summed E-state index contributed by atoms with van der Waals surface area (Å²) in [6.07, 6.45) is 3.72. The molecule has 0 fully saturated rings. The van der Waals surface area contributed by atoms with Crippen LogP contribution in [0.15, 0.2) is 35.1 Å². The van der Waals surface area contributed by atoms with Crippen molar-refractivity contribution in [2.75, 3.05) is 0 Å². The molecule has 16 heavy (non-hydrogen) atoms. The van der Waals surface area contributed by atoms with Crippen LogP contribution in [0.2, 0.25) is 0 Å². The highest BCUT2D eigenvalue weighted by atomic mass is 79.9. The molecule has 0 radical (unpaired) electrons. The molecule has 0 saturated heterocycles. The largest absolute Gasteiger partial charge is 0.490 e. The Labute approximate surface area is 103 Å².